The number of carbonyl (C=O) groups excluding carboxylic acids is 1. The van der Waals surface area contributed by atoms with Gasteiger partial charge in [-0.25, -0.2) is 13.1 Å². The fourth-order valence-corrected chi connectivity index (χ4v) is 4.10. The molecule has 0 spiro atoms. The van der Waals surface area contributed by atoms with Crippen molar-refractivity contribution >= 4 is 21.6 Å². The molecule has 1 heterocycles. The van der Waals surface area contributed by atoms with Gasteiger partial charge in [0.05, 0.1) is 24.5 Å². The average Bonchev–Trinajstić information content (AvgIpc) is 3.21. The molecule has 0 saturated carbocycles. The van der Waals surface area contributed by atoms with Gasteiger partial charge in [0, 0.05) is 24.4 Å². The smallest absolute Gasteiger partial charge is 0.240 e. The summed E-state index contributed by atoms with van der Waals surface area (Å²) in [5.74, 6) is 0.438. The summed E-state index contributed by atoms with van der Waals surface area (Å²) >= 11 is 0. The molecule has 28 heavy (non-hydrogen) atoms. The fourth-order valence-electron chi connectivity index (χ4n) is 3.04. The second kappa shape index (κ2) is 9.18. The van der Waals surface area contributed by atoms with Gasteiger partial charge in [-0.1, -0.05) is 18.2 Å². The number of rotatable bonds is 8. The summed E-state index contributed by atoms with van der Waals surface area (Å²) in [6.45, 7) is 0.940. The van der Waals surface area contributed by atoms with Crippen molar-refractivity contribution in [2.75, 3.05) is 25.6 Å². The summed E-state index contributed by atoms with van der Waals surface area (Å²) in [5, 5.41) is 2.77. The Morgan fingerprint density at radius 1 is 1.18 bits per heavy atom. The zero-order valence-corrected chi connectivity index (χ0v) is 16.5. The molecule has 0 radical (unpaired) electrons. The van der Waals surface area contributed by atoms with E-state index in [2.05, 4.69) is 10.0 Å². The average molecular weight is 404 g/mol. The van der Waals surface area contributed by atoms with Crippen LogP contribution in [0.3, 0.4) is 0 Å². The van der Waals surface area contributed by atoms with Gasteiger partial charge in [-0.05, 0) is 43.2 Å². The van der Waals surface area contributed by atoms with Crippen LogP contribution in [0.2, 0.25) is 0 Å². The fraction of sp³-hybridized carbons (Fsp3) is 0.350. The second-order valence-corrected chi connectivity index (χ2v) is 8.32. The summed E-state index contributed by atoms with van der Waals surface area (Å²) in [7, 11) is -2.05. The van der Waals surface area contributed by atoms with Gasteiger partial charge < -0.3 is 14.8 Å². The van der Waals surface area contributed by atoms with Gasteiger partial charge in [0.15, 0.2) is 0 Å². The Balaban J connectivity index is 1.58. The molecule has 7 nitrogen and oxygen atoms in total. The Morgan fingerprint density at radius 3 is 2.61 bits per heavy atom. The minimum atomic E-state index is -3.61. The lowest BCUT2D eigenvalue weighted by Gasteiger charge is -2.12. The van der Waals surface area contributed by atoms with Crippen molar-refractivity contribution in [1.29, 1.82) is 0 Å². The lowest BCUT2D eigenvalue weighted by molar-refractivity contribution is -0.115. The summed E-state index contributed by atoms with van der Waals surface area (Å²) in [5.41, 5.74) is 1.30. The number of carbonyl (C=O) groups is 1. The van der Waals surface area contributed by atoms with Gasteiger partial charge in [-0.2, -0.15) is 0 Å². The zero-order chi connectivity index (χ0) is 20.0. The zero-order valence-electron chi connectivity index (χ0n) is 15.7. The molecule has 1 unspecified atom stereocenters. The van der Waals surface area contributed by atoms with E-state index in [1.807, 2.05) is 18.2 Å². The first kappa shape index (κ1) is 20.3. The molecule has 1 saturated heterocycles. The molecule has 1 aliphatic rings. The predicted octanol–water partition coefficient (Wildman–Crippen LogP) is 2.33. The number of para-hydroxylation sites is 1. The van der Waals surface area contributed by atoms with E-state index >= 15 is 0 Å². The minimum absolute atomic E-state index is 0.0664. The van der Waals surface area contributed by atoms with E-state index in [1.165, 1.54) is 12.1 Å². The largest absolute Gasteiger partial charge is 0.496 e. The highest BCUT2D eigenvalue weighted by atomic mass is 32.2. The number of methoxy groups -OCH3 is 1. The Bertz CT molecular complexity index is 906. The van der Waals surface area contributed by atoms with Crippen molar-refractivity contribution in [3.63, 3.8) is 0 Å². The third kappa shape index (κ3) is 5.31. The number of sulfonamides is 1. The van der Waals surface area contributed by atoms with Crippen molar-refractivity contribution < 1.29 is 22.7 Å². The maximum absolute atomic E-state index is 12.4. The molecule has 0 bridgehead atoms. The second-order valence-electron chi connectivity index (χ2n) is 6.55. The molecule has 2 N–H and O–H groups in total. The summed E-state index contributed by atoms with van der Waals surface area (Å²) in [6.07, 6.45) is 1.91. The van der Waals surface area contributed by atoms with Crippen LogP contribution in [0.5, 0.6) is 5.75 Å². The Hall–Kier alpha value is -2.42. The Kier molecular flexibility index (Phi) is 6.66. The van der Waals surface area contributed by atoms with Crippen molar-refractivity contribution in [3.05, 3.63) is 54.1 Å². The maximum Gasteiger partial charge on any atom is 0.240 e. The number of hydrogen-bond donors (Lipinski definition) is 2. The van der Waals surface area contributed by atoms with Crippen LogP contribution in [0.15, 0.2) is 53.4 Å². The summed E-state index contributed by atoms with van der Waals surface area (Å²) in [6, 6.07) is 13.4. The van der Waals surface area contributed by atoms with Crippen LogP contribution in [0.1, 0.15) is 18.4 Å². The van der Waals surface area contributed by atoms with Gasteiger partial charge in [0.1, 0.15) is 5.75 Å². The number of amides is 1. The topological polar surface area (TPSA) is 93.7 Å². The van der Waals surface area contributed by atoms with E-state index in [9.17, 15) is 13.2 Å². The molecule has 2 aromatic rings. The number of hydrogen-bond acceptors (Lipinski definition) is 5. The van der Waals surface area contributed by atoms with Gasteiger partial charge in [0.2, 0.25) is 15.9 Å². The van der Waals surface area contributed by atoms with E-state index in [-0.39, 0.29) is 29.9 Å². The van der Waals surface area contributed by atoms with Crippen LogP contribution in [0.25, 0.3) is 0 Å². The van der Waals surface area contributed by atoms with Crippen LogP contribution < -0.4 is 14.8 Å². The molecule has 0 aromatic heterocycles. The van der Waals surface area contributed by atoms with E-state index < -0.39 is 10.0 Å². The highest BCUT2D eigenvalue weighted by Crippen LogP contribution is 2.19. The number of ether oxygens (including phenoxy) is 2. The van der Waals surface area contributed by atoms with E-state index in [1.54, 1.807) is 25.3 Å². The third-order valence-corrected chi connectivity index (χ3v) is 5.96. The molecular weight excluding hydrogens is 380 g/mol. The molecule has 8 heteroatoms. The molecule has 2 aromatic carbocycles. The lowest BCUT2D eigenvalue weighted by atomic mass is 10.1. The minimum Gasteiger partial charge on any atom is -0.496 e. The Morgan fingerprint density at radius 2 is 1.93 bits per heavy atom. The van der Waals surface area contributed by atoms with E-state index in [4.69, 9.17) is 9.47 Å². The molecule has 1 amide bonds. The molecule has 150 valence electrons. The first-order valence-electron chi connectivity index (χ1n) is 9.11. The van der Waals surface area contributed by atoms with E-state index in [0.29, 0.717) is 18.0 Å². The van der Waals surface area contributed by atoms with Crippen LogP contribution in [0, 0.1) is 0 Å². The van der Waals surface area contributed by atoms with Crippen LogP contribution in [0.4, 0.5) is 5.69 Å². The van der Waals surface area contributed by atoms with Crippen molar-refractivity contribution in [1.82, 2.24) is 4.72 Å². The number of benzene rings is 2. The first-order valence-corrected chi connectivity index (χ1v) is 10.6. The van der Waals surface area contributed by atoms with Crippen molar-refractivity contribution in [3.8, 4) is 5.75 Å². The maximum atomic E-state index is 12.4. The first-order chi connectivity index (χ1) is 13.5. The Labute approximate surface area is 165 Å². The van der Waals surface area contributed by atoms with Crippen LogP contribution >= 0.6 is 0 Å². The SMILES string of the molecule is COc1ccccc1CC(=O)Nc1ccc(S(=O)(=O)NCC2CCCO2)cc1. The van der Waals surface area contributed by atoms with Crippen LogP contribution in [-0.2, 0) is 26.0 Å². The molecule has 1 fully saturated rings. The molecule has 3 rings (SSSR count). The molecule has 1 aliphatic heterocycles. The van der Waals surface area contributed by atoms with Crippen molar-refractivity contribution in [2.24, 2.45) is 0 Å². The highest BCUT2D eigenvalue weighted by molar-refractivity contribution is 7.89. The van der Waals surface area contributed by atoms with Gasteiger partial charge in [-0.15, -0.1) is 0 Å². The van der Waals surface area contributed by atoms with Crippen molar-refractivity contribution in [2.45, 2.75) is 30.3 Å². The monoisotopic (exact) mass is 404 g/mol. The quantitative estimate of drug-likeness (QED) is 0.704. The van der Waals surface area contributed by atoms with Gasteiger partial charge >= 0.3 is 0 Å². The molecule has 1 atom stereocenters. The van der Waals surface area contributed by atoms with E-state index in [0.717, 1.165) is 18.4 Å². The summed E-state index contributed by atoms with van der Waals surface area (Å²) < 4.78 is 38.0. The standard InChI is InChI=1S/C20H24N2O5S/c1-26-19-7-3-2-5-15(19)13-20(23)22-16-8-10-18(11-9-16)28(24,25)21-14-17-6-4-12-27-17/h2-3,5,7-11,17,21H,4,6,12-14H2,1H3,(H,22,23). The predicted molar refractivity (Wildman–Crippen MR) is 106 cm³/mol. The normalized spacial score (nSPS) is 16.7. The third-order valence-electron chi connectivity index (χ3n) is 4.52. The van der Waals surface area contributed by atoms with Crippen LogP contribution in [-0.4, -0.2) is 40.7 Å². The molecule has 0 aliphatic carbocycles. The van der Waals surface area contributed by atoms with Gasteiger partial charge in [-0.3, -0.25) is 4.79 Å². The highest BCUT2D eigenvalue weighted by Gasteiger charge is 2.20. The summed E-state index contributed by atoms with van der Waals surface area (Å²) in [4.78, 5) is 12.4. The number of nitrogens with one attached hydrogen (secondary N) is 2. The molecular formula is C20H24N2O5S. The number of anilines is 1. The van der Waals surface area contributed by atoms with Gasteiger partial charge in [0.25, 0.3) is 0 Å². The lowest BCUT2D eigenvalue weighted by Crippen LogP contribution is -2.31.